The number of hydrogen-bond acceptors (Lipinski definition) is 4. The Hall–Kier alpha value is -2.88. The lowest BCUT2D eigenvalue weighted by Gasteiger charge is -2.19. The molecule has 0 fully saturated rings. The molecular weight excluding hydrogens is 290 g/mol. The summed E-state index contributed by atoms with van der Waals surface area (Å²) in [5.74, 6) is 0.708. The van der Waals surface area contributed by atoms with Gasteiger partial charge in [0.2, 0.25) is 10.9 Å². The average Bonchev–Trinajstić information content (AvgIpc) is 2.62. The van der Waals surface area contributed by atoms with Gasteiger partial charge in [-0.2, -0.15) is 0 Å². The highest BCUT2D eigenvalue weighted by atomic mass is 16.5. The zero-order valence-electron chi connectivity index (χ0n) is 13.0. The van der Waals surface area contributed by atoms with Crippen molar-refractivity contribution in [2.75, 3.05) is 12.4 Å². The van der Waals surface area contributed by atoms with Gasteiger partial charge in [0.05, 0.1) is 18.4 Å². The Morgan fingerprint density at radius 2 is 1.57 bits per heavy atom. The first-order chi connectivity index (χ1) is 11.1. The standard InChI is InChI=1S/C19H17NO3/c1-12(13-6-4-3-5-7-13)20-17-16(18(21)19(17)22)14-8-10-15(23-2)11-9-14/h3-12,20H,1-2H3/t12-/m1/s1. The summed E-state index contributed by atoms with van der Waals surface area (Å²) in [6.45, 7) is 1.96. The maximum Gasteiger partial charge on any atom is 0.250 e. The van der Waals surface area contributed by atoms with Crippen LogP contribution in [-0.2, 0) is 0 Å². The first-order valence-electron chi connectivity index (χ1n) is 7.41. The Bertz CT molecular complexity index is 875. The predicted molar refractivity (Wildman–Crippen MR) is 91.8 cm³/mol. The van der Waals surface area contributed by atoms with Crippen LogP contribution in [-0.4, -0.2) is 7.11 Å². The summed E-state index contributed by atoms with van der Waals surface area (Å²) >= 11 is 0. The Kier molecular flexibility index (Phi) is 3.98. The monoisotopic (exact) mass is 307 g/mol. The lowest BCUT2D eigenvalue weighted by molar-refractivity contribution is 0.415. The highest BCUT2D eigenvalue weighted by molar-refractivity contribution is 5.82. The van der Waals surface area contributed by atoms with E-state index in [1.165, 1.54) is 0 Å². The molecule has 3 rings (SSSR count). The largest absolute Gasteiger partial charge is 0.497 e. The summed E-state index contributed by atoms with van der Waals surface area (Å²) in [6.07, 6.45) is 0. The van der Waals surface area contributed by atoms with Crippen LogP contribution in [0.3, 0.4) is 0 Å². The van der Waals surface area contributed by atoms with E-state index >= 15 is 0 Å². The SMILES string of the molecule is COc1ccc(-c2c(N[C@H](C)c3ccccc3)c(=O)c2=O)cc1. The summed E-state index contributed by atoms with van der Waals surface area (Å²) in [6, 6.07) is 16.9. The van der Waals surface area contributed by atoms with Crippen LogP contribution in [0.4, 0.5) is 5.69 Å². The van der Waals surface area contributed by atoms with Gasteiger partial charge in [0.1, 0.15) is 5.75 Å². The van der Waals surface area contributed by atoms with E-state index in [0.29, 0.717) is 17.0 Å². The third kappa shape index (κ3) is 2.75. The summed E-state index contributed by atoms with van der Waals surface area (Å²) < 4.78 is 5.11. The molecule has 0 radical (unpaired) electrons. The molecule has 0 amide bonds. The zero-order chi connectivity index (χ0) is 16.4. The summed E-state index contributed by atoms with van der Waals surface area (Å²) in [7, 11) is 1.58. The highest BCUT2D eigenvalue weighted by Gasteiger charge is 2.23. The zero-order valence-corrected chi connectivity index (χ0v) is 13.0. The van der Waals surface area contributed by atoms with Crippen molar-refractivity contribution in [2.24, 2.45) is 0 Å². The molecule has 0 heterocycles. The number of anilines is 1. The molecule has 3 aromatic carbocycles. The van der Waals surface area contributed by atoms with Gasteiger partial charge < -0.3 is 10.1 Å². The Labute approximate surface area is 134 Å². The molecule has 1 atom stereocenters. The van der Waals surface area contributed by atoms with Crippen molar-refractivity contribution >= 4 is 5.69 Å². The fourth-order valence-corrected chi connectivity index (χ4v) is 2.60. The summed E-state index contributed by atoms with van der Waals surface area (Å²) in [4.78, 5) is 23.9. The molecule has 0 aliphatic heterocycles. The van der Waals surface area contributed by atoms with Crippen LogP contribution in [0.2, 0.25) is 0 Å². The van der Waals surface area contributed by atoms with Crippen molar-refractivity contribution < 1.29 is 4.74 Å². The number of ether oxygens (including phenoxy) is 1. The van der Waals surface area contributed by atoms with Gasteiger partial charge in [-0.15, -0.1) is 0 Å². The second-order valence-corrected chi connectivity index (χ2v) is 5.41. The minimum atomic E-state index is -0.460. The molecule has 0 bridgehead atoms. The van der Waals surface area contributed by atoms with Gasteiger partial charge in [0.25, 0.3) is 0 Å². The molecule has 116 valence electrons. The summed E-state index contributed by atoms with van der Waals surface area (Å²) in [5.41, 5.74) is 1.70. The van der Waals surface area contributed by atoms with Crippen LogP contribution in [0.1, 0.15) is 18.5 Å². The van der Waals surface area contributed by atoms with Gasteiger partial charge in [0, 0.05) is 6.04 Å². The normalized spacial score (nSPS) is 12.1. The first-order valence-corrected chi connectivity index (χ1v) is 7.41. The molecule has 23 heavy (non-hydrogen) atoms. The van der Waals surface area contributed by atoms with Crippen molar-refractivity contribution in [1.82, 2.24) is 0 Å². The third-order valence-electron chi connectivity index (χ3n) is 3.95. The minimum Gasteiger partial charge on any atom is -0.497 e. The van der Waals surface area contributed by atoms with Crippen molar-refractivity contribution in [2.45, 2.75) is 13.0 Å². The van der Waals surface area contributed by atoms with Gasteiger partial charge in [0.15, 0.2) is 0 Å². The fourth-order valence-electron chi connectivity index (χ4n) is 2.60. The van der Waals surface area contributed by atoms with E-state index in [1.54, 1.807) is 31.4 Å². The predicted octanol–water partition coefficient (Wildman–Crippen LogP) is 3.13. The van der Waals surface area contributed by atoms with Gasteiger partial charge in [-0.25, -0.2) is 0 Å². The molecule has 0 saturated heterocycles. The average molecular weight is 307 g/mol. The van der Waals surface area contributed by atoms with Crippen LogP contribution < -0.4 is 20.9 Å². The fraction of sp³-hybridized carbons (Fsp3) is 0.158. The topological polar surface area (TPSA) is 55.4 Å². The van der Waals surface area contributed by atoms with E-state index in [9.17, 15) is 9.59 Å². The number of benzene rings is 2. The quantitative estimate of drug-likeness (QED) is 0.736. The van der Waals surface area contributed by atoms with E-state index in [-0.39, 0.29) is 6.04 Å². The highest BCUT2D eigenvalue weighted by Crippen LogP contribution is 2.28. The van der Waals surface area contributed by atoms with Crippen molar-refractivity contribution in [3.05, 3.63) is 80.6 Å². The van der Waals surface area contributed by atoms with E-state index in [0.717, 1.165) is 11.1 Å². The third-order valence-corrected chi connectivity index (χ3v) is 3.95. The number of nitrogens with one attached hydrogen (secondary N) is 1. The molecule has 0 spiro atoms. The lowest BCUT2D eigenvalue weighted by Crippen LogP contribution is -2.36. The Morgan fingerprint density at radius 1 is 0.913 bits per heavy atom. The summed E-state index contributed by atoms with van der Waals surface area (Å²) in [5, 5.41) is 3.17. The Morgan fingerprint density at radius 3 is 2.17 bits per heavy atom. The lowest BCUT2D eigenvalue weighted by atomic mass is 9.97. The van der Waals surface area contributed by atoms with Gasteiger partial charge in [-0.3, -0.25) is 9.59 Å². The van der Waals surface area contributed by atoms with Crippen molar-refractivity contribution in [1.29, 1.82) is 0 Å². The molecule has 0 aromatic heterocycles. The smallest absolute Gasteiger partial charge is 0.250 e. The van der Waals surface area contributed by atoms with Crippen LogP contribution in [0.5, 0.6) is 5.75 Å². The molecule has 3 aromatic rings. The van der Waals surface area contributed by atoms with Crippen LogP contribution in [0.15, 0.2) is 64.2 Å². The maximum atomic E-state index is 12.0. The number of methoxy groups -OCH3 is 1. The van der Waals surface area contributed by atoms with Gasteiger partial charge in [-0.1, -0.05) is 42.5 Å². The van der Waals surface area contributed by atoms with E-state index < -0.39 is 10.9 Å². The van der Waals surface area contributed by atoms with Crippen molar-refractivity contribution in [3.8, 4) is 16.9 Å². The van der Waals surface area contributed by atoms with Crippen LogP contribution in [0, 0.1) is 0 Å². The molecule has 4 heteroatoms. The molecule has 1 N–H and O–H groups in total. The van der Waals surface area contributed by atoms with E-state index in [4.69, 9.17) is 4.74 Å². The molecule has 0 unspecified atom stereocenters. The minimum absolute atomic E-state index is 0.0588. The van der Waals surface area contributed by atoms with Crippen LogP contribution >= 0.6 is 0 Å². The van der Waals surface area contributed by atoms with Gasteiger partial charge in [-0.05, 0) is 30.2 Å². The molecule has 0 saturated carbocycles. The second kappa shape index (κ2) is 6.08. The molecule has 0 aliphatic rings. The van der Waals surface area contributed by atoms with Crippen molar-refractivity contribution in [3.63, 3.8) is 0 Å². The van der Waals surface area contributed by atoms with E-state index in [1.807, 2.05) is 37.3 Å². The molecule has 4 nitrogen and oxygen atoms in total. The first kappa shape index (κ1) is 15.0. The molecular formula is C19H17NO3. The maximum absolute atomic E-state index is 12.0. The number of hydrogen-bond donors (Lipinski definition) is 1. The Balaban J connectivity index is 1.91. The van der Waals surface area contributed by atoms with Gasteiger partial charge >= 0.3 is 0 Å². The molecule has 0 aliphatic carbocycles. The second-order valence-electron chi connectivity index (χ2n) is 5.41. The van der Waals surface area contributed by atoms with E-state index in [2.05, 4.69) is 5.32 Å². The number of rotatable bonds is 5. The van der Waals surface area contributed by atoms with Crippen LogP contribution in [0.25, 0.3) is 11.1 Å².